The highest BCUT2D eigenvalue weighted by molar-refractivity contribution is 5.67. The minimum Gasteiger partial charge on any atom is -0.450 e. The van der Waals surface area contributed by atoms with Crippen LogP contribution in [0.1, 0.15) is 52.4 Å². The molecule has 1 amide bonds. The van der Waals surface area contributed by atoms with Gasteiger partial charge in [-0.25, -0.2) is 4.79 Å². The fourth-order valence-corrected chi connectivity index (χ4v) is 4.64. The van der Waals surface area contributed by atoms with E-state index in [2.05, 4.69) is 16.0 Å². The molecule has 3 heterocycles. The minimum atomic E-state index is -0.149. The van der Waals surface area contributed by atoms with Crippen LogP contribution in [0.2, 0.25) is 0 Å². The molecular formula is C21H35N3O3. The molecule has 2 unspecified atom stereocenters. The van der Waals surface area contributed by atoms with Crippen molar-refractivity contribution in [2.24, 2.45) is 10.9 Å². The zero-order valence-electron chi connectivity index (χ0n) is 16.9. The van der Waals surface area contributed by atoms with Gasteiger partial charge in [-0.3, -0.25) is 4.99 Å². The maximum absolute atomic E-state index is 12.0. The fourth-order valence-electron chi connectivity index (χ4n) is 4.64. The van der Waals surface area contributed by atoms with Crippen LogP contribution in [0.3, 0.4) is 0 Å². The molecule has 3 aliphatic heterocycles. The highest BCUT2D eigenvalue weighted by Crippen LogP contribution is 2.32. The fraction of sp³-hybridized carbons (Fsp3) is 0.810. The molecule has 0 bridgehead atoms. The third kappa shape index (κ3) is 5.32. The van der Waals surface area contributed by atoms with Gasteiger partial charge in [0.2, 0.25) is 0 Å². The summed E-state index contributed by atoms with van der Waals surface area (Å²) in [6, 6.07) is 0.589. The highest BCUT2D eigenvalue weighted by atomic mass is 16.6. The van der Waals surface area contributed by atoms with Gasteiger partial charge in [0.05, 0.1) is 6.61 Å². The Balaban J connectivity index is 1.49. The minimum absolute atomic E-state index is 0.0590. The number of hydrogen-bond acceptors (Lipinski definition) is 5. The lowest BCUT2D eigenvalue weighted by atomic mass is 9.86. The van der Waals surface area contributed by atoms with E-state index in [0.717, 1.165) is 45.4 Å². The Morgan fingerprint density at radius 3 is 2.67 bits per heavy atom. The molecule has 3 rings (SSSR count). The van der Waals surface area contributed by atoms with E-state index in [0.29, 0.717) is 25.2 Å². The van der Waals surface area contributed by atoms with Gasteiger partial charge < -0.3 is 19.3 Å². The van der Waals surface area contributed by atoms with Gasteiger partial charge in [-0.1, -0.05) is 6.08 Å². The number of aliphatic imine (C=N–C) groups is 1. The van der Waals surface area contributed by atoms with Gasteiger partial charge in [0.1, 0.15) is 0 Å². The van der Waals surface area contributed by atoms with E-state index in [1.807, 2.05) is 25.0 Å². The normalized spacial score (nSPS) is 27.9. The number of allylic oxidation sites excluding steroid dienone is 1. The number of carbonyl (C=O) groups excluding carboxylic acids is 1. The monoisotopic (exact) mass is 377 g/mol. The summed E-state index contributed by atoms with van der Waals surface area (Å²) < 4.78 is 11.0. The molecule has 0 radical (unpaired) electrons. The maximum Gasteiger partial charge on any atom is 0.409 e. The van der Waals surface area contributed by atoms with Gasteiger partial charge in [0.25, 0.3) is 0 Å². The van der Waals surface area contributed by atoms with Crippen molar-refractivity contribution in [3.05, 3.63) is 11.6 Å². The molecule has 0 aromatic rings. The van der Waals surface area contributed by atoms with E-state index in [9.17, 15) is 4.79 Å². The van der Waals surface area contributed by atoms with E-state index in [4.69, 9.17) is 9.47 Å². The first-order valence-corrected chi connectivity index (χ1v) is 10.7. The summed E-state index contributed by atoms with van der Waals surface area (Å²) in [6.07, 6.45) is 10.7. The third-order valence-corrected chi connectivity index (χ3v) is 6.05. The van der Waals surface area contributed by atoms with Crippen molar-refractivity contribution in [2.75, 3.05) is 39.4 Å². The summed E-state index contributed by atoms with van der Waals surface area (Å²) in [5.74, 6) is 0.594. The Bertz CT molecular complexity index is 541. The van der Waals surface area contributed by atoms with Crippen LogP contribution in [-0.4, -0.2) is 73.8 Å². The number of ether oxygens (including phenoxy) is 2. The Morgan fingerprint density at radius 1 is 1.11 bits per heavy atom. The Labute approximate surface area is 163 Å². The number of likely N-dealkylation sites (tertiary alicyclic amines) is 2. The summed E-state index contributed by atoms with van der Waals surface area (Å²) in [7, 11) is 0. The number of nitrogens with zero attached hydrogens (tertiary/aromatic N) is 3. The molecule has 6 heteroatoms. The third-order valence-electron chi connectivity index (χ3n) is 6.05. The first-order chi connectivity index (χ1) is 13.2. The van der Waals surface area contributed by atoms with Gasteiger partial charge >= 0.3 is 6.09 Å². The molecule has 0 aliphatic carbocycles. The summed E-state index contributed by atoms with van der Waals surface area (Å²) in [5, 5.41) is 0. The molecule has 2 saturated heterocycles. The average Bonchev–Trinajstić information content (AvgIpc) is 2.95. The summed E-state index contributed by atoms with van der Waals surface area (Å²) in [6.45, 7) is 8.97. The number of carbonyl (C=O) groups is 1. The molecule has 2 fully saturated rings. The van der Waals surface area contributed by atoms with Gasteiger partial charge in [0, 0.05) is 38.4 Å². The molecule has 0 saturated carbocycles. The molecule has 0 spiro atoms. The van der Waals surface area contributed by atoms with Crippen LogP contribution < -0.4 is 0 Å². The van der Waals surface area contributed by atoms with E-state index in [1.165, 1.54) is 24.8 Å². The van der Waals surface area contributed by atoms with E-state index in [1.54, 1.807) is 0 Å². The zero-order chi connectivity index (χ0) is 19.1. The molecule has 2 atom stereocenters. The maximum atomic E-state index is 12.0. The number of dihydropyridines is 1. The van der Waals surface area contributed by atoms with Crippen molar-refractivity contribution < 1.29 is 14.3 Å². The van der Waals surface area contributed by atoms with Crippen molar-refractivity contribution in [2.45, 2.75) is 64.6 Å². The predicted molar refractivity (Wildman–Crippen MR) is 107 cm³/mol. The topological polar surface area (TPSA) is 54.4 Å². The quantitative estimate of drug-likeness (QED) is 0.689. The first kappa shape index (κ1) is 20.3. The average molecular weight is 378 g/mol. The van der Waals surface area contributed by atoms with Crippen LogP contribution in [-0.2, 0) is 9.47 Å². The zero-order valence-corrected chi connectivity index (χ0v) is 16.9. The summed E-state index contributed by atoms with van der Waals surface area (Å²) in [4.78, 5) is 21.1. The van der Waals surface area contributed by atoms with Crippen molar-refractivity contribution >= 4 is 12.3 Å². The number of piperidine rings is 1. The van der Waals surface area contributed by atoms with Crippen molar-refractivity contribution in [3.63, 3.8) is 0 Å². The van der Waals surface area contributed by atoms with Gasteiger partial charge in [-0.15, -0.1) is 0 Å². The number of rotatable bonds is 5. The predicted octanol–water partition coefficient (Wildman–Crippen LogP) is 3.47. The second-order valence-electron chi connectivity index (χ2n) is 7.66. The Morgan fingerprint density at radius 2 is 1.93 bits per heavy atom. The molecule has 27 heavy (non-hydrogen) atoms. The Hall–Kier alpha value is -1.40. The largest absolute Gasteiger partial charge is 0.450 e. The standard InChI is InChI=1S/C21H35N3O3/c1-3-26-20-19(8-5-12-22-20)17-9-14-23(15-10-17)18-7-6-13-24(16-11-18)21(25)27-4-2/h8,12,17-18,20H,3-7,9-11,13-16H2,1-2H3. The Kier molecular flexibility index (Phi) is 7.70. The molecule has 0 aromatic heterocycles. The van der Waals surface area contributed by atoms with Crippen LogP contribution >= 0.6 is 0 Å². The number of amides is 1. The van der Waals surface area contributed by atoms with E-state index in [-0.39, 0.29) is 12.3 Å². The lowest BCUT2D eigenvalue weighted by molar-refractivity contribution is 0.0730. The van der Waals surface area contributed by atoms with E-state index >= 15 is 0 Å². The number of hydrogen-bond donors (Lipinski definition) is 0. The van der Waals surface area contributed by atoms with Crippen LogP contribution in [0.25, 0.3) is 0 Å². The van der Waals surface area contributed by atoms with E-state index < -0.39 is 0 Å². The van der Waals surface area contributed by atoms with Gasteiger partial charge in [0.15, 0.2) is 6.23 Å². The molecule has 0 N–H and O–H groups in total. The molecule has 152 valence electrons. The van der Waals surface area contributed by atoms with Crippen LogP contribution in [0, 0.1) is 5.92 Å². The van der Waals surface area contributed by atoms with Gasteiger partial charge in [-0.2, -0.15) is 0 Å². The lowest BCUT2D eigenvalue weighted by Gasteiger charge is -2.39. The lowest BCUT2D eigenvalue weighted by Crippen LogP contribution is -2.43. The second-order valence-corrected chi connectivity index (χ2v) is 7.66. The summed E-state index contributed by atoms with van der Waals surface area (Å²) in [5.41, 5.74) is 1.40. The van der Waals surface area contributed by atoms with Gasteiger partial charge in [-0.05, 0) is 70.5 Å². The molecular weight excluding hydrogens is 342 g/mol. The van der Waals surface area contributed by atoms with Crippen LogP contribution in [0.15, 0.2) is 16.6 Å². The van der Waals surface area contributed by atoms with Crippen LogP contribution in [0.5, 0.6) is 0 Å². The smallest absolute Gasteiger partial charge is 0.409 e. The van der Waals surface area contributed by atoms with Crippen molar-refractivity contribution in [3.8, 4) is 0 Å². The SMILES string of the molecule is CCOC(=O)N1CCCC(N2CCC(C3=CCC=NC3OCC)CC2)CC1. The first-order valence-electron chi connectivity index (χ1n) is 10.7. The molecule has 6 nitrogen and oxygen atoms in total. The van der Waals surface area contributed by atoms with Crippen molar-refractivity contribution in [1.82, 2.24) is 9.80 Å². The molecule has 0 aromatic carbocycles. The second kappa shape index (κ2) is 10.2. The van der Waals surface area contributed by atoms with Crippen molar-refractivity contribution in [1.29, 1.82) is 0 Å². The van der Waals surface area contributed by atoms with Crippen LogP contribution in [0.4, 0.5) is 4.79 Å². The highest BCUT2D eigenvalue weighted by Gasteiger charge is 2.31. The molecule has 3 aliphatic rings. The summed E-state index contributed by atoms with van der Waals surface area (Å²) >= 11 is 0.